The average Bonchev–Trinajstić information content (AvgIpc) is 2.75. The van der Waals surface area contributed by atoms with Crippen molar-refractivity contribution in [3.63, 3.8) is 0 Å². The molecule has 0 saturated heterocycles. The van der Waals surface area contributed by atoms with Crippen LogP contribution < -0.4 is 4.74 Å². The monoisotopic (exact) mass is 614 g/mol. The van der Waals surface area contributed by atoms with Crippen LogP contribution in [0, 0.1) is 6.92 Å². The van der Waals surface area contributed by atoms with E-state index in [2.05, 4.69) is 31.9 Å². The summed E-state index contributed by atoms with van der Waals surface area (Å²) < 4.78 is 46.9. The first kappa shape index (κ1) is 27.2. The summed E-state index contributed by atoms with van der Waals surface area (Å²) in [5.41, 5.74) is 1.89. The van der Waals surface area contributed by atoms with E-state index in [0.29, 0.717) is 25.8 Å². The van der Waals surface area contributed by atoms with Crippen molar-refractivity contribution < 1.29 is 32.9 Å². The predicted molar refractivity (Wildman–Crippen MR) is 134 cm³/mol. The molecule has 4 nitrogen and oxygen atoms in total. The van der Waals surface area contributed by atoms with Crippen LogP contribution in [0.4, 0.5) is 13.2 Å². The highest BCUT2D eigenvalue weighted by Crippen LogP contribution is 2.43. The number of aliphatic hydroxyl groups excluding tert-OH is 1. The minimum absolute atomic E-state index is 0.0799. The van der Waals surface area contributed by atoms with Gasteiger partial charge in [0.1, 0.15) is 11.9 Å². The summed E-state index contributed by atoms with van der Waals surface area (Å²) in [6, 6.07) is 11.3. The van der Waals surface area contributed by atoms with Crippen molar-refractivity contribution in [1.29, 1.82) is 0 Å². The van der Waals surface area contributed by atoms with Gasteiger partial charge < -0.3 is 14.9 Å². The molecule has 3 rings (SSSR count). The second kappa shape index (κ2) is 10.7. The molecule has 0 fully saturated rings. The second-order valence-electron chi connectivity index (χ2n) is 8.49. The van der Waals surface area contributed by atoms with E-state index < -0.39 is 23.8 Å². The number of halogens is 5. The van der Waals surface area contributed by atoms with E-state index in [1.807, 2.05) is 20.8 Å². The minimum Gasteiger partial charge on any atom is -0.481 e. The van der Waals surface area contributed by atoms with E-state index in [9.17, 15) is 23.1 Å². The Hall–Kier alpha value is -2.36. The van der Waals surface area contributed by atoms with Crippen LogP contribution in [0.15, 0.2) is 57.5 Å². The van der Waals surface area contributed by atoms with E-state index in [-0.39, 0.29) is 23.7 Å². The number of aryl methyl sites for hydroxylation is 1. The molecule has 0 aliphatic heterocycles. The number of carboxylic acid groups (broad SMARTS) is 1. The number of carbonyl (C=O) groups is 1. The van der Waals surface area contributed by atoms with Gasteiger partial charge in [-0.1, -0.05) is 26.0 Å². The maximum absolute atomic E-state index is 13.3. The summed E-state index contributed by atoms with van der Waals surface area (Å²) in [6.07, 6.45) is -6.10. The van der Waals surface area contributed by atoms with Crippen molar-refractivity contribution >= 4 is 37.8 Å². The fraction of sp³-hybridized carbons (Fsp3) is 0.269. The molecule has 0 aliphatic carbocycles. The number of hydrogen-bond donors (Lipinski definition) is 2. The fourth-order valence-corrected chi connectivity index (χ4v) is 5.25. The third-order valence-electron chi connectivity index (χ3n) is 5.47. The van der Waals surface area contributed by atoms with Gasteiger partial charge >= 0.3 is 12.1 Å². The van der Waals surface area contributed by atoms with Crippen LogP contribution in [0.5, 0.6) is 11.5 Å². The Bertz CT molecular complexity index is 1230. The van der Waals surface area contributed by atoms with Crippen molar-refractivity contribution in [1.82, 2.24) is 0 Å². The Balaban J connectivity index is 2.12. The first-order valence-corrected chi connectivity index (χ1v) is 12.2. The summed E-state index contributed by atoms with van der Waals surface area (Å²) in [6.45, 7) is 5.87. The maximum atomic E-state index is 13.3. The van der Waals surface area contributed by atoms with E-state index in [0.717, 1.165) is 23.3 Å². The molecule has 1 atom stereocenters. The molecule has 0 heterocycles. The lowest BCUT2D eigenvalue weighted by Crippen LogP contribution is -2.09. The summed E-state index contributed by atoms with van der Waals surface area (Å²) in [7, 11) is 0. The molecule has 1 unspecified atom stereocenters. The molecule has 35 heavy (non-hydrogen) atoms. The summed E-state index contributed by atoms with van der Waals surface area (Å²) >= 11 is 6.82. The summed E-state index contributed by atoms with van der Waals surface area (Å²) in [5, 5.41) is 20.2. The lowest BCUT2D eigenvalue weighted by Gasteiger charge is -2.22. The molecule has 0 saturated carbocycles. The van der Waals surface area contributed by atoms with Gasteiger partial charge in [0.15, 0.2) is 5.75 Å². The zero-order chi connectivity index (χ0) is 26.1. The molecule has 9 heteroatoms. The number of benzene rings is 3. The first-order valence-electron chi connectivity index (χ1n) is 10.6. The Morgan fingerprint density at radius 3 is 2.20 bits per heavy atom. The van der Waals surface area contributed by atoms with Crippen LogP contribution in [0.3, 0.4) is 0 Å². The molecule has 0 spiro atoms. The van der Waals surface area contributed by atoms with Crippen molar-refractivity contribution in [3.05, 3.63) is 90.9 Å². The highest BCUT2D eigenvalue weighted by Gasteiger charge is 2.31. The normalized spacial score (nSPS) is 12.6. The molecule has 0 bridgehead atoms. The Morgan fingerprint density at radius 2 is 1.66 bits per heavy atom. The molecule has 0 amide bonds. The van der Waals surface area contributed by atoms with Gasteiger partial charge in [-0.05, 0) is 103 Å². The molecule has 3 aromatic rings. The van der Waals surface area contributed by atoms with E-state index in [4.69, 9.17) is 9.84 Å². The van der Waals surface area contributed by atoms with Gasteiger partial charge in [0.2, 0.25) is 0 Å². The molecule has 0 aliphatic rings. The first-order chi connectivity index (χ1) is 16.3. The van der Waals surface area contributed by atoms with Gasteiger partial charge in [0.05, 0.1) is 20.9 Å². The van der Waals surface area contributed by atoms with Crippen LogP contribution in [0.25, 0.3) is 0 Å². The van der Waals surface area contributed by atoms with Crippen molar-refractivity contribution in [3.8, 4) is 11.5 Å². The van der Waals surface area contributed by atoms with Crippen molar-refractivity contribution in [2.75, 3.05) is 0 Å². The Morgan fingerprint density at radius 1 is 1.03 bits per heavy atom. The van der Waals surface area contributed by atoms with Crippen LogP contribution >= 0.6 is 31.9 Å². The number of rotatable bonds is 7. The van der Waals surface area contributed by atoms with Crippen LogP contribution in [-0.2, 0) is 17.4 Å². The van der Waals surface area contributed by atoms with E-state index >= 15 is 0 Å². The third-order valence-corrected chi connectivity index (χ3v) is 6.65. The quantitative estimate of drug-likeness (QED) is 0.281. The Kier molecular flexibility index (Phi) is 8.34. The van der Waals surface area contributed by atoms with Gasteiger partial charge in [-0.2, -0.15) is 13.2 Å². The molecule has 186 valence electrons. The molecule has 0 aromatic heterocycles. The minimum atomic E-state index is -4.54. The number of ether oxygens (including phenoxy) is 1. The average molecular weight is 616 g/mol. The van der Waals surface area contributed by atoms with Gasteiger partial charge in [0.25, 0.3) is 0 Å². The summed E-state index contributed by atoms with van der Waals surface area (Å²) in [5.74, 6) is -0.238. The molecule has 0 radical (unpaired) electrons. The standard InChI is InChI=1S/C26H23Br2F3O4/c1-13(2)18-12-22(35-25-20(27)8-15(9-21(25)28)10-23(32)33)19(7-14(18)3)24(34)16-5-4-6-17(11-16)26(29,30)31/h4-9,11-13,24,34H,10H2,1-3H3,(H,32,33). The number of hydrogen-bond acceptors (Lipinski definition) is 3. The van der Waals surface area contributed by atoms with E-state index in [1.54, 1.807) is 24.3 Å². The van der Waals surface area contributed by atoms with Gasteiger partial charge in [-0.3, -0.25) is 4.79 Å². The van der Waals surface area contributed by atoms with Crippen LogP contribution in [-0.4, -0.2) is 16.2 Å². The topological polar surface area (TPSA) is 66.8 Å². The predicted octanol–water partition coefficient (Wildman–Crippen LogP) is 8.16. The smallest absolute Gasteiger partial charge is 0.416 e. The SMILES string of the molecule is Cc1cc(C(O)c2cccc(C(F)(F)F)c2)c(Oc2c(Br)cc(CC(=O)O)cc2Br)cc1C(C)C. The van der Waals surface area contributed by atoms with Crippen LogP contribution in [0.2, 0.25) is 0 Å². The Labute approximate surface area is 218 Å². The molecule has 3 aromatic carbocycles. The van der Waals surface area contributed by atoms with Gasteiger partial charge in [-0.15, -0.1) is 0 Å². The highest BCUT2D eigenvalue weighted by molar-refractivity contribution is 9.11. The number of carboxylic acids is 1. The zero-order valence-corrected chi connectivity index (χ0v) is 22.3. The van der Waals surface area contributed by atoms with Crippen molar-refractivity contribution in [2.24, 2.45) is 0 Å². The van der Waals surface area contributed by atoms with Crippen molar-refractivity contribution in [2.45, 2.75) is 45.4 Å². The van der Waals surface area contributed by atoms with E-state index in [1.165, 1.54) is 12.1 Å². The third kappa shape index (κ3) is 6.45. The molecular weight excluding hydrogens is 593 g/mol. The molecule has 2 N–H and O–H groups in total. The number of aliphatic carboxylic acids is 1. The maximum Gasteiger partial charge on any atom is 0.416 e. The molecular formula is C26H23Br2F3O4. The van der Waals surface area contributed by atoms with Gasteiger partial charge in [-0.25, -0.2) is 0 Å². The number of alkyl halides is 3. The largest absolute Gasteiger partial charge is 0.481 e. The summed E-state index contributed by atoms with van der Waals surface area (Å²) in [4.78, 5) is 11.1. The van der Waals surface area contributed by atoms with Crippen LogP contribution in [0.1, 0.15) is 59.3 Å². The lowest BCUT2D eigenvalue weighted by molar-refractivity contribution is -0.138. The number of aliphatic hydroxyl groups is 1. The highest BCUT2D eigenvalue weighted by atomic mass is 79.9. The lowest BCUT2D eigenvalue weighted by atomic mass is 9.91. The fourth-order valence-electron chi connectivity index (χ4n) is 3.81. The zero-order valence-electron chi connectivity index (χ0n) is 19.1. The second-order valence-corrected chi connectivity index (χ2v) is 10.2. The van der Waals surface area contributed by atoms with Gasteiger partial charge in [0, 0.05) is 5.56 Å².